The van der Waals surface area contributed by atoms with E-state index in [1.54, 1.807) is 7.11 Å². The van der Waals surface area contributed by atoms with Gasteiger partial charge in [0.15, 0.2) is 0 Å². The van der Waals surface area contributed by atoms with Gasteiger partial charge in [-0.1, -0.05) is 6.07 Å². The third kappa shape index (κ3) is 5.39. The largest absolute Gasteiger partial charge is 0.497 e. The Labute approximate surface area is 167 Å². The monoisotopic (exact) mass is 405 g/mol. The van der Waals surface area contributed by atoms with Gasteiger partial charge in [0.05, 0.1) is 13.2 Å². The number of nitrogens with two attached hydrogens (primary N) is 1. The quantitative estimate of drug-likeness (QED) is 0.828. The highest BCUT2D eigenvalue weighted by molar-refractivity contribution is 5.85. The number of amides is 1. The molecule has 2 saturated heterocycles. The zero-order valence-corrected chi connectivity index (χ0v) is 16.8. The molecule has 2 aliphatic heterocycles. The fraction of sp³-hybridized carbons (Fsp3) is 0.611. The van der Waals surface area contributed by atoms with Crippen LogP contribution in [-0.4, -0.2) is 63.4 Å². The van der Waals surface area contributed by atoms with Crippen LogP contribution in [-0.2, 0) is 9.53 Å². The lowest BCUT2D eigenvalue weighted by Crippen LogP contribution is -2.55. The Hall–Kier alpha value is -1.21. The van der Waals surface area contributed by atoms with Crippen molar-refractivity contribution < 1.29 is 14.3 Å². The Balaban J connectivity index is 0.00000169. The van der Waals surface area contributed by atoms with E-state index in [0.29, 0.717) is 13.1 Å². The summed E-state index contributed by atoms with van der Waals surface area (Å²) in [5.41, 5.74) is 7.36. The SMILES string of the molecule is COc1cccc(N2CCN(C(=O)C(N)C3CCOCC3)CC2)c1.Cl.Cl. The van der Waals surface area contributed by atoms with Crippen LogP contribution >= 0.6 is 24.8 Å². The highest BCUT2D eigenvalue weighted by Gasteiger charge is 2.31. The minimum Gasteiger partial charge on any atom is -0.497 e. The van der Waals surface area contributed by atoms with Gasteiger partial charge in [-0.2, -0.15) is 0 Å². The van der Waals surface area contributed by atoms with Crippen LogP contribution < -0.4 is 15.4 Å². The number of piperazine rings is 1. The normalized spacial score (nSPS) is 19.2. The number of hydrogen-bond donors (Lipinski definition) is 1. The van der Waals surface area contributed by atoms with E-state index in [0.717, 1.165) is 50.6 Å². The molecule has 2 N–H and O–H groups in total. The molecular weight excluding hydrogens is 377 g/mol. The van der Waals surface area contributed by atoms with E-state index >= 15 is 0 Å². The number of anilines is 1. The molecule has 2 aliphatic rings. The summed E-state index contributed by atoms with van der Waals surface area (Å²) in [5.74, 6) is 1.20. The van der Waals surface area contributed by atoms with Crippen molar-refractivity contribution in [3.8, 4) is 5.75 Å². The Kier molecular flexibility index (Phi) is 9.50. The van der Waals surface area contributed by atoms with Gasteiger partial charge in [0.25, 0.3) is 0 Å². The number of nitrogens with zero attached hydrogens (tertiary/aromatic N) is 2. The van der Waals surface area contributed by atoms with Crippen LogP contribution in [0.25, 0.3) is 0 Å². The molecule has 1 amide bonds. The molecule has 1 aromatic carbocycles. The minimum atomic E-state index is -0.391. The van der Waals surface area contributed by atoms with E-state index in [-0.39, 0.29) is 36.6 Å². The van der Waals surface area contributed by atoms with Crippen molar-refractivity contribution in [2.45, 2.75) is 18.9 Å². The number of carbonyl (C=O) groups excluding carboxylic acids is 1. The van der Waals surface area contributed by atoms with Gasteiger partial charge in [-0.05, 0) is 30.9 Å². The third-order valence-electron chi connectivity index (χ3n) is 5.07. The maximum Gasteiger partial charge on any atom is 0.239 e. The molecule has 6 nitrogen and oxygen atoms in total. The van der Waals surface area contributed by atoms with Gasteiger partial charge in [0.2, 0.25) is 5.91 Å². The van der Waals surface area contributed by atoms with Crippen molar-refractivity contribution in [3.63, 3.8) is 0 Å². The van der Waals surface area contributed by atoms with Crippen LogP contribution in [0.1, 0.15) is 12.8 Å². The first-order chi connectivity index (χ1) is 11.7. The molecule has 0 saturated carbocycles. The van der Waals surface area contributed by atoms with E-state index in [9.17, 15) is 4.79 Å². The number of carbonyl (C=O) groups is 1. The molecule has 3 rings (SSSR count). The summed E-state index contributed by atoms with van der Waals surface area (Å²) in [4.78, 5) is 16.9. The van der Waals surface area contributed by atoms with Crippen molar-refractivity contribution in [1.82, 2.24) is 4.90 Å². The number of halogens is 2. The van der Waals surface area contributed by atoms with Crippen molar-refractivity contribution >= 4 is 36.4 Å². The van der Waals surface area contributed by atoms with Crippen LogP contribution in [0.4, 0.5) is 5.69 Å². The van der Waals surface area contributed by atoms with Crippen molar-refractivity contribution in [2.24, 2.45) is 11.7 Å². The van der Waals surface area contributed by atoms with Crippen LogP contribution in [0, 0.1) is 5.92 Å². The molecule has 0 spiro atoms. The number of rotatable bonds is 4. The van der Waals surface area contributed by atoms with Crippen LogP contribution in [0.15, 0.2) is 24.3 Å². The van der Waals surface area contributed by atoms with Gasteiger partial charge in [-0.25, -0.2) is 0 Å². The number of ether oxygens (including phenoxy) is 2. The summed E-state index contributed by atoms with van der Waals surface area (Å²) in [6, 6.07) is 7.65. The van der Waals surface area contributed by atoms with E-state index < -0.39 is 6.04 Å². The Morgan fingerprint density at radius 2 is 1.85 bits per heavy atom. The molecular formula is C18H29Cl2N3O3. The molecule has 2 heterocycles. The van der Waals surface area contributed by atoms with Gasteiger partial charge in [-0.15, -0.1) is 24.8 Å². The van der Waals surface area contributed by atoms with Crippen molar-refractivity contribution in [1.29, 1.82) is 0 Å². The Morgan fingerprint density at radius 1 is 1.19 bits per heavy atom. The molecule has 8 heteroatoms. The fourth-order valence-corrected chi connectivity index (χ4v) is 3.48. The Morgan fingerprint density at radius 3 is 2.46 bits per heavy atom. The molecule has 0 bridgehead atoms. The highest BCUT2D eigenvalue weighted by Crippen LogP contribution is 2.23. The topological polar surface area (TPSA) is 68.0 Å². The fourth-order valence-electron chi connectivity index (χ4n) is 3.48. The predicted molar refractivity (Wildman–Crippen MR) is 108 cm³/mol. The predicted octanol–water partition coefficient (Wildman–Crippen LogP) is 1.94. The van der Waals surface area contributed by atoms with Gasteiger partial charge in [-0.3, -0.25) is 4.79 Å². The first-order valence-corrected chi connectivity index (χ1v) is 8.70. The molecule has 0 aromatic heterocycles. The second-order valence-corrected chi connectivity index (χ2v) is 6.49. The lowest BCUT2D eigenvalue weighted by molar-refractivity contribution is -0.135. The standard InChI is InChI=1S/C18H27N3O3.2ClH/c1-23-16-4-2-3-15(13-16)20-7-9-21(10-8-20)18(22)17(19)14-5-11-24-12-6-14;;/h2-4,13-14,17H,5-12,19H2,1H3;2*1H. The van der Waals surface area contributed by atoms with Gasteiger partial charge in [0.1, 0.15) is 5.75 Å². The average Bonchev–Trinajstić information content (AvgIpc) is 2.67. The van der Waals surface area contributed by atoms with Crippen molar-refractivity contribution in [3.05, 3.63) is 24.3 Å². The first-order valence-electron chi connectivity index (χ1n) is 8.70. The lowest BCUT2D eigenvalue weighted by Gasteiger charge is -2.38. The second kappa shape index (κ2) is 10.8. The zero-order chi connectivity index (χ0) is 16.9. The van der Waals surface area contributed by atoms with Crippen molar-refractivity contribution in [2.75, 3.05) is 51.4 Å². The molecule has 1 unspecified atom stereocenters. The van der Waals surface area contributed by atoms with E-state index in [1.807, 2.05) is 23.1 Å². The summed E-state index contributed by atoms with van der Waals surface area (Å²) in [7, 11) is 1.67. The molecule has 26 heavy (non-hydrogen) atoms. The highest BCUT2D eigenvalue weighted by atomic mass is 35.5. The van der Waals surface area contributed by atoms with Crippen LogP contribution in [0.3, 0.4) is 0 Å². The maximum absolute atomic E-state index is 12.7. The number of hydrogen-bond acceptors (Lipinski definition) is 5. The molecule has 148 valence electrons. The Bertz CT molecular complexity index is 562. The zero-order valence-electron chi connectivity index (χ0n) is 15.1. The number of methoxy groups -OCH3 is 1. The third-order valence-corrected chi connectivity index (χ3v) is 5.07. The second-order valence-electron chi connectivity index (χ2n) is 6.49. The molecule has 1 aromatic rings. The van der Waals surface area contributed by atoms with E-state index in [4.69, 9.17) is 15.2 Å². The molecule has 2 fully saturated rings. The van der Waals surface area contributed by atoms with Gasteiger partial charge >= 0.3 is 0 Å². The average molecular weight is 406 g/mol. The van der Waals surface area contributed by atoms with Crippen LogP contribution in [0.2, 0.25) is 0 Å². The number of benzene rings is 1. The summed E-state index contributed by atoms with van der Waals surface area (Å²) < 4.78 is 10.6. The summed E-state index contributed by atoms with van der Waals surface area (Å²) in [6.07, 6.45) is 1.77. The maximum atomic E-state index is 12.7. The molecule has 0 radical (unpaired) electrons. The van der Waals surface area contributed by atoms with Gasteiger partial charge in [0, 0.05) is 51.1 Å². The summed E-state index contributed by atoms with van der Waals surface area (Å²) >= 11 is 0. The minimum absolute atomic E-state index is 0. The molecule has 1 atom stereocenters. The molecule has 0 aliphatic carbocycles. The smallest absolute Gasteiger partial charge is 0.239 e. The van der Waals surface area contributed by atoms with Crippen LogP contribution in [0.5, 0.6) is 5.75 Å². The summed E-state index contributed by atoms with van der Waals surface area (Å²) in [5, 5.41) is 0. The van der Waals surface area contributed by atoms with Gasteiger partial charge < -0.3 is 25.0 Å². The first kappa shape index (κ1) is 22.8. The summed E-state index contributed by atoms with van der Waals surface area (Å²) in [6.45, 7) is 4.50. The van der Waals surface area contributed by atoms with E-state index in [2.05, 4.69) is 11.0 Å². The van der Waals surface area contributed by atoms with E-state index in [1.165, 1.54) is 0 Å². The lowest BCUT2D eigenvalue weighted by atomic mass is 9.91.